The van der Waals surface area contributed by atoms with Gasteiger partial charge in [-0.1, -0.05) is 35.9 Å². The van der Waals surface area contributed by atoms with E-state index < -0.39 is 0 Å². The number of likely N-dealkylation sites (tertiary alicyclic amines) is 1. The Morgan fingerprint density at radius 2 is 1.90 bits per heavy atom. The minimum atomic E-state index is 0.0258. The molecule has 0 spiro atoms. The summed E-state index contributed by atoms with van der Waals surface area (Å²) >= 11 is 6.71. The number of carbonyl (C=O) groups excluding carboxylic acids is 1. The van der Waals surface area contributed by atoms with E-state index in [9.17, 15) is 4.79 Å². The van der Waals surface area contributed by atoms with Gasteiger partial charge >= 0.3 is 6.01 Å². The predicted octanol–water partition coefficient (Wildman–Crippen LogP) is 4.41. The van der Waals surface area contributed by atoms with Gasteiger partial charge in [-0.05, 0) is 68.6 Å². The van der Waals surface area contributed by atoms with E-state index in [4.69, 9.17) is 31.1 Å². The first-order chi connectivity index (χ1) is 20.4. The molecule has 1 unspecified atom stereocenters. The van der Waals surface area contributed by atoms with Gasteiger partial charge in [0.2, 0.25) is 5.91 Å². The van der Waals surface area contributed by atoms with E-state index in [1.165, 1.54) is 17.0 Å². The molecule has 10 heteroatoms. The molecular weight excluding hydrogens is 552 g/mol. The zero-order valence-electron chi connectivity index (χ0n) is 24.6. The van der Waals surface area contributed by atoms with Crippen LogP contribution in [0.3, 0.4) is 0 Å². The molecule has 4 heterocycles. The average Bonchev–Trinajstić information content (AvgIpc) is 3.59. The molecule has 1 amide bonds. The summed E-state index contributed by atoms with van der Waals surface area (Å²) in [6.07, 6.45) is 4.12. The number of ether oxygens (including phenoxy) is 1. The molecule has 222 valence electrons. The van der Waals surface area contributed by atoms with Gasteiger partial charge in [-0.15, -0.1) is 0 Å². The van der Waals surface area contributed by atoms with Gasteiger partial charge in [0.15, 0.2) is 0 Å². The highest BCUT2D eigenvalue weighted by molar-refractivity contribution is 6.36. The van der Waals surface area contributed by atoms with Crippen LogP contribution in [0.1, 0.15) is 30.5 Å². The monoisotopic (exact) mass is 590 g/mol. The van der Waals surface area contributed by atoms with Crippen molar-refractivity contribution in [2.45, 2.75) is 38.3 Å². The molecule has 0 bridgehead atoms. The number of hydroxylamine groups is 2. The summed E-state index contributed by atoms with van der Waals surface area (Å²) in [6.45, 7) is 4.88. The molecule has 2 aromatic carbocycles. The van der Waals surface area contributed by atoms with Gasteiger partial charge in [0.25, 0.3) is 0 Å². The van der Waals surface area contributed by atoms with Gasteiger partial charge in [0.05, 0.1) is 24.4 Å². The Labute approximate surface area is 252 Å². The molecule has 3 fully saturated rings. The van der Waals surface area contributed by atoms with E-state index in [2.05, 4.69) is 46.0 Å². The largest absolute Gasteiger partial charge is 0.462 e. The maximum atomic E-state index is 12.9. The van der Waals surface area contributed by atoms with Gasteiger partial charge in [0, 0.05) is 55.3 Å². The minimum absolute atomic E-state index is 0.0258. The summed E-state index contributed by atoms with van der Waals surface area (Å²) in [4.78, 5) is 35.2. The van der Waals surface area contributed by atoms with Crippen molar-refractivity contribution in [1.29, 1.82) is 0 Å². The number of aromatic nitrogens is 2. The summed E-state index contributed by atoms with van der Waals surface area (Å²) in [5.41, 5.74) is 3.33. The molecule has 3 aromatic rings. The summed E-state index contributed by atoms with van der Waals surface area (Å²) in [6, 6.07) is 13.3. The highest BCUT2D eigenvalue weighted by Crippen LogP contribution is 2.53. The summed E-state index contributed by atoms with van der Waals surface area (Å²) in [7, 11) is 5.40. The number of carbonyl (C=O) groups is 1. The van der Waals surface area contributed by atoms with E-state index in [-0.39, 0.29) is 11.8 Å². The number of hydrogen-bond acceptors (Lipinski definition) is 8. The van der Waals surface area contributed by atoms with E-state index in [0.29, 0.717) is 37.0 Å². The number of likely N-dealkylation sites (N-methyl/N-ethyl adjacent to an activating group) is 1. The smallest absolute Gasteiger partial charge is 0.318 e. The molecule has 3 aliphatic heterocycles. The SMILES string of the molecule is CON(C)C(=O)C1[C@H]2CCN(c3nc(OC[C@@H]4CCCN4C)nc4c3CCN(c3cccc5cccc(Cl)c35)C4)C[C@@H]12. The molecule has 9 nitrogen and oxygen atoms in total. The van der Waals surface area contributed by atoms with Crippen LogP contribution in [0.4, 0.5) is 11.5 Å². The summed E-state index contributed by atoms with van der Waals surface area (Å²) in [5, 5.41) is 4.35. The van der Waals surface area contributed by atoms with E-state index >= 15 is 0 Å². The zero-order valence-corrected chi connectivity index (χ0v) is 25.4. The Bertz CT molecular complexity index is 1500. The lowest BCUT2D eigenvalue weighted by Gasteiger charge is -2.35. The van der Waals surface area contributed by atoms with E-state index in [1.54, 1.807) is 14.2 Å². The highest BCUT2D eigenvalue weighted by Gasteiger charge is 2.57. The fourth-order valence-corrected chi connectivity index (χ4v) is 7.70. The second-order valence-electron chi connectivity index (χ2n) is 12.2. The van der Waals surface area contributed by atoms with Gasteiger partial charge in [-0.3, -0.25) is 9.63 Å². The lowest BCUT2D eigenvalue weighted by atomic mass is 10.0. The zero-order chi connectivity index (χ0) is 29.0. The van der Waals surface area contributed by atoms with Crippen molar-refractivity contribution in [3.63, 3.8) is 0 Å². The van der Waals surface area contributed by atoms with Crippen molar-refractivity contribution in [3.05, 3.63) is 52.7 Å². The van der Waals surface area contributed by atoms with Crippen molar-refractivity contribution in [2.24, 2.45) is 17.8 Å². The first-order valence-electron chi connectivity index (χ1n) is 15.1. The molecule has 4 atom stereocenters. The lowest BCUT2D eigenvalue weighted by Crippen LogP contribution is -2.37. The third kappa shape index (κ3) is 4.95. The number of benzene rings is 2. The minimum Gasteiger partial charge on any atom is -0.462 e. The Balaban J connectivity index is 1.19. The van der Waals surface area contributed by atoms with Crippen LogP contribution in [0.25, 0.3) is 10.8 Å². The van der Waals surface area contributed by atoms with Gasteiger partial charge in [-0.2, -0.15) is 9.97 Å². The Hall–Kier alpha value is -3.14. The highest BCUT2D eigenvalue weighted by atomic mass is 35.5. The number of piperidine rings is 1. The van der Waals surface area contributed by atoms with Crippen LogP contribution >= 0.6 is 11.6 Å². The van der Waals surface area contributed by atoms with Crippen LogP contribution < -0.4 is 14.5 Å². The van der Waals surface area contributed by atoms with Crippen molar-refractivity contribution in [1.82, 2.24) is 19.9 Å². The standard InChI is InChI=1S/C32H39ClN6O3/c1-36-14-6-9-21(36)19-42-32-34-26-18-38(27-11-5-8-20-7-4-10-25(33)28(20)27)15-13-23(26)30(35-32)39-16-12-22-24(17-39)29(22)31(40)37(2)41-3/h4-5,7-8,10-11,21-22,24,29H,6,9,12-19H2,1-3H3/t21-,22-,24+,29?/m0/s1. The van der Waals surface area contributed by atoms with Gasteiger partial charge in [0.1, 0.15) is 12.4 Å². The molecule has 0 N–H and O–H groups in total. The summed E-state index contributed by atoms with van der Waals surface area (Å²) in [5.74, 6) is 1.82. The average molecular weight is 591 g/mol. The number of rotatable bonds is 7. The number of nitrogens with zero attached hydrogens (tertiary/aromatic N) is 6. The number of halogens is 1. The number of fused-ring (bicyclic) bond motifs is 3. The van der Waals surface area contributed by atoms with Crippen molar-refractivity contribution in [2.75, 3.05) is 63.8 Å². The number of hydrogen-bond donors (Lipinski definition) is 0. The van der Waals surface area contributed by atoms with Gasteiger partial charge in [-0.25, -0.2) is 5.06 Å². The van der Waals surface area contributed by atoms with Crippen LogP contribution in [0, 0.1) is 17.8 Å². The van der Waals surface area contributed by atoms with Crippen molar-refractivity contribution < 1.29 is 14.4 Å². The normalized spacial score (nSPS) is 25.3. The predicted molar refractivity (Wildman–Crippen MR) is 164 cm³/mol. The van der Waals surface area contributed by atoms with Crippen molar-refractivity contribution in [3.8, 4) is 6.01 Å². The molecule has 0 radical (unpaired) electrons. The maximum absolute atomic E-state index is 12.9. The van der Waals surface area contributed by atoms with E-state index in [1.807, 2.05) is 12.1 Å². The second kappa shape index (κ2) is 11.2. The van der Waals surface area contributed by atoms with Crippen LogP contribution in [0.15, 0.2) is 36.4 Å². The molecule has 42 heavy (non-hydrogen) atoms. The molecule has 1 aromatic heterocycles. The topological polar surface area (TPSA) is 74.3 Å². The van der Waals surface area contributed by atoms with Crippen LogP contribution in [0.5, 0.6) is 6.01 Å². The van der Waals surface area contributed by atoms with Crippen LogP contribution in [0.2, 0.25) is 5.02 Å². The Morgan fingerprint density at radius 3 is 2.69 bits per heavy atom. The van der Waals surface area contributed by atoms with Gasteiger partial charge < -0.3 is 19.4 Å². The maximum Gasteiger partial charge on any atom is 0.318 e. The van der Waals surface area contributed by atoms with Crippen LogP contribution in [-0.2, 0) is 22.6 Å². The first kappa shape index (κ1) is 27.7. The third-order valence-corrected chi connectivity index (χ3v) is 10.3. The number of anilines is 2. The number of amides is 1. The fourth-order valence-electron chi connectivity index (χ4n) is 7.42. The van der Waals surface area contributed by atoms with Crippen molar-refractivity contribution >= 4 is 39.8 Å². The third-order valence-electron chi connectivity index (χ3n) is 9.94. The Kier molecular flexibility index (Phi) is 7.36. The quantitative estimate of drug-likeness (QED) is 0.375. The fraction of sp³-hybridized carbons (Fsp3) is 0.531. The molecule has 1 saturated carbocycles. The molecule has 4 aliphatic rings. The van der Waals surface area contributed by atoms with E-state index in [0.717, 1.165) is 78.4 Å². The first-order valence-corrected chi connectivity index (χ1v) is 15.5. The second-order valence-corrected chi connectivity index (χ2v) is 12.6. The molecule has 1 aliphatic carbocycles. The molecular formula is C32H39ClN6O3. The van der Waals surface area contributed by atoms with Crippen LogP contribution in [-0.4, -0.2) is 85.9 Å². The Morgan fingerprint density at radius 1 is 1.07 bits per heavy atom. The molecule has 7 rings (SSSR count). The summed E-state index contributed by atoms with van der Waals surface area (Å²) < 4.78 is 6.32. The molecule has 2 saturated heterocycles. The lowest BCUT2D eigenvalue weighted by molar-refractivity contribution is -0.170.